The van der Waals surface area contributed by atoms with Gasteiger partial charge in [-0.2, -0.15) is 0 Å². The molecule has 27 heavy (non-hydrogen) atoms. The molecule has 0 radical (unpaired) electrons. The van der Waals surface area contributed by atoms with Crippen molar-refractivity contribution in [2.24, 2.45) is 0 Å². The SMILES string of the molecule is Cc1cccc(-c2ccc3c(c2)oc2cc(-c4cccc(C)c4)ccc23)c1. The molecule has 0 atom stereocenters. The molecule has 1 heterocycles. The van der Waals surface area contributed by atoms with Gasteiger partial charge in [-0.05, 0) is 60.4 Å². The summed E-state index contributed by atoms with van der Waals surface area (Å²) in [5, 5.41) is 2.33. The summed E-state index contributed by atoms with van der Waals surface area (Å²) in [6.07, 6.45) is 0. The van der Waals surface area contributed by atoms with Gasteiger partial charge in [0, 0.05) is 10.8 Å². The zero-order valence-corrected chi connectivity index (χ0v) is 15.5. The lowest BCUT2D eigenvalue weighted by Crippen LogP contribution is -1.79. The minimum absolute atomic E-state index is 0.936. The van der Waals surface area contributed by atoms with E-state index >= 15 is 0 Å². The number of hydrogen-bond donors (Lipinski definition) is 0. The lowest BCUT2D eigenvalue weighted by molar-refractivity contribution is 0.669. The molecule has 0 saturated heterocycles. The minimum Gasteiger partial charge on any atom is -0.456 e. The van der Waals surface area contributed by atoms with Gasteiger partial charge in [0.05, 0.1) is 0 Å². The van der Waals surface area contributed by atoms with Crippen LogP contribution in [0.4, 0.5) is 0 Å². The molecule has 1 heteroatoms. The fourth-order valence-electron chi connectivity index (χ4n) is 3.79. The van der Waals surface area contributed by atoms with Crippen LogP contribution in [0.25, 0.3) is 44.2 Å². The monoisotopic (exact) mass is 348 g/mol. The maximum absolute atomic E-state index is 6.24. The molecule has 0 fully saturated rings. The van der Waals surface area contributed by atoms with Crippen LogP contribution in [0.2, 0.25) is 0 Å². The van der Waals surface area contributed by atoms with E-state index in [2.05, 4.69) is 98.8 Å². The van der Waals surface area contributed by atoms with Gasteiger partial charge < -0.3 is 4.42 Å². The predicted molar refractivity (Wildman–Crippen MR) is 114 cm³/mol. The third-order valence-electron chi connectivity index (χ3n) is 5.18. The van der Waals surface area contributed by atoms with E-state index in [1.54, 1.807) is 0 Å². The second kappa shape index (κ2) is 6.14. The van der Waals surface area contributed by atoms with Crippen LogP contribution in [-0.2, 0) is 0 Å². The van der Waals surface area contributed by atoms with E-state index in [0.29, 0.717) is 0 Å². The summed E-state index contributed by atoms with van der Waals surface area (Å²) in [6.45, 7) is 4.24. The van der Waals surface area contributed by atoms with E-state index in [4.69, 9.17) is 4.42 Å². The molecule has 5 rings (SSSR count). The van der Waals surface area contributed by atoms with Gasteiger partial charge in [0.1, 0.15) is 11.2 Å². The van der Waals surface area contributed by atoms with Crippen LogP contribution in [-0.4, -0.2) is 0 Å². The molecule has 130 valence electrons. The molecule has 0 spiro atoms. The molecule has 0 saturated carbocycles. The van der Waals surface area contributed by atoms with Crippen LogP contribution >= 0.6 is 0 Å². The summed E-state index contributed by atoms with van der Waals surface area (Å²) in [7, 11) is 0. The van der Waals surface area contributed by atoms with Crippen molar-refractivity contribution in [2.75, 3.05) is 0 Å². The standard InChI is InChI=1S/C26H20O/c1-17-5-3-7-19(13-17)21-9-11-23-24-12-10-22(16-26(24)27-25(23)15-21)20-8-4-6-18(2)14-20/h3-16H,1-2H3. The number of benzene rings is 4. The molecule has 0 aliphatic rings. The first-order valence-corrected chi connectivity index (χ1v) is 9.28. The van der Waals surface area contributed by atoms with Crippen molar-refractivity contribution in [1.29, 1.82) is 0 Å². The average Bonchev–Trinajstić information content (AvgIpc) is 3.05. The fourth-order valence-corrected chi connectivity index (χ4v) is 3.79. The van der Waals surface area contributed by atoms with E-state index < -0.39 is 0 Å². The van der Waals surface area contributed by atoms with E-state index in [-0.39, 0.29) is 0 Å². The van der Waals surface area contributed by atoms with Crippen molar-refractivity contribution in [2.45, 2.75) is 13.8 Å². The third kappa shape index (κ3) is 2.82. The predicted octanol–water partition coefficient (Wildman–Crippen LogP) is 7.54. The first kappa shape index (κ1) is 15.9. The fraction of sp³-hybridized carbons (Fsp3) is 0.0769. The highest BCUT2D eigenvalue weighted by Crippen LogP contribution is 2.34. The van der Waals surface area contributed by atoms with Gasteiger partial charge in [-0.1, -0.05) is 71.8 Å². The van der Waals surface area contributed by atoms with Crippen LogP contribution < -0.4 is 0 Å². The number of hydrogen-bond acceptors (Lipinski definition) is 1. The van der Waals surface area contributed by atoms with Crippen LogP contribution in [0.15, 0.2) is 89.3 Å². The molecule has 1 aromatic heterocycles. The van der Waals surface area contributed by atoms with Gasteiger partial charge >= 0.3 is 0 Å². The quantitative estimate of drug-likeness (QED) is 0.321. The maximum atomic E-state index is 6.24. The topological polar surface area (TPSA) is 13.1 Å². The van der Waals surface area contributed by atoms with Crippen LogP contribution in [0.3, 0.4) is 0 Å². The second-order valence-corrected chi connectivity index (χ2v) is 7.26. The number of rotatable bonds is 2. The summed E-state index contributed by atoms with van der Waals surface area (Å²) >= 11 is 0. The largest absolute Gasteiger partial charge is 0.456 e. The summed E-state index contributed by atoms with van der Waals surface area (Å²) in [5.41, 5.74) is 9.21. The second-order valence-electron chi connectivity index (χ2n) is 7.26. The molecule has 1 nitrogen and oxygen atoms in total. The highest BCUT2D eigenvalue weighted by Gasteiger charge is 2.10. The molecule has 4 aromatic carbocycles. The Morgan fingerprint density at radius 2 is 0.926 bits per heavy atom. The Balaban J connectivity index is 1.65. The van der Waals surface area contributed by atoms with Gasteiger partial charge in [-0.25, -0.2) is 0 Å². The van der Waals surface area contributed by atoms with Crippen LogP contribution in [0.1, 0.15) is 11.1 Å². The summed E-state index contributed by atoms with van der Waals surface area (Å²) in [5.74, 6) is 0. The maximum Gasteiger partial charge on any atom is 0.136 e. The smallest absolute Gasteiger partial charge is 0.136 e. The van der Waals surface area contributed by atoms with Crippen molar-refractivity contribution >= 4 is 21.9 Å². The van der Waals surface area contributed by atoms with Crippen molar-refractivity contribution < 1.29 is 4.42 Å². The summed E-state index contributed by atoms with van der Waals surface area (Å²) in [4.78, 5) is 0. The minimum atomic E-state index is 0.936. The highest BCUT2D eigenvalue weighted by molar-refractivity contribution is 6.06. The van der Waals surface area contributed by atoms with E-state index in [0.717, 1.165) is 21.9 Å². The van der Waals surface area contributed by atoms with Crippen LogP contribution in [0.5, 0.6) is 0 Å². The molecule has 5 aromatic rings. The van der Waals surface area contributed by atoms with Gasteiger partial charge in [0.15, 0.2) is 0 Å². The van der Waals surface area contributed by atoms with E-state index in [1.165, 1.54) is 33.4 Å². The average molecular weight is 348 g/mol. The molecule has 0 unspecified atom stereocenters. The lowest BCUT2D eigenvalue weighted by Gasteiger charge is -2.03. The molecule has 0 amide bonds. The Morgan fingerprint density at radius 1 is 0.481 bits per heavy atom. The van der Waals surface area contributed by atoms with Crippen LogP contribution in [0, 0.1) is 13.8 Å². The van der Waals surface area contributed by atoms with Crippen molar-refractivity contribution in [3.63, 3.8) is 0 Å². The lowest BCUT2D eigenvalue weighted by atomic mass is 10.0. The highest BCUT2D eigenvalue weighted by atomic mass is 16.3. The van der Waals surface area contributed by atoms with Gasteiger partial charge in [0.2, 0.25) is 0 Å². The van der Waals surface area contributed by atoms with Crippen molar-refractivity contribution in [3.8, 4) is 22.3 Å². The summed E-state index contributed by atoms with van der Waals surface area (Å²) < 4.78 is 6.24. The molecule has 0 aliphatic carbocycles. The van der Waals surface area contributed by atoms with Gasteiger partial charge in [-0.15, -0.1) is 0 Å². The Labute approximate surface area is 158 Å². The number of furan rings is 1. The first-order valence-electron chi connectivity index (χ1n) is 9.28. The van der Waals surface area contributed by atoms with Gasteiger partial charge in [0.25, 0.3) is 0 Å². The number of aryl methyl sites for hydroxylation is 2. The third-order valence-corrected chi connectivity index (χ3v) is 5.18. The van der Waals surface area contributed by atoms with Gasteiger partial charge in [-0.3, -0.25) is 0 Å². The molecule has 0 aliphatic heterocycles. The first-order chi connectivity index (χ1) is 13.2. The normalized spacial score (nSPS) is 11.3. The molecular formula is C26H20O. The molecular weight excluding hydrogens is 328 g/mol. The molecule has 0 bridgehead atoms. The van der Waals surface area contributed by atoms with Crippen molar-refractivity contribution in [3.05, 3.63) is 96.1 Å². The Kier molecular flexibility index (Phi) is 3.61. The Hall–Kier alpha value is -3.32. The van der Waals surface area contributed by atoms with E-state index in [9.17, 15) is 0 Å². The zero-order valence-electron chi connectivity index (χ0n) is 15.5. The van der Waals surface area contributed by atoms with E-state index in [1.807, 2.05) is 0 Å². The number of fused-ring (bicyclic) bond motifs is 3. The molecule has 0 N–H and O–H groups in total. The summed E-state index contributed by atoms with van der Waals surface area (Å²) in [6, 6.07) is 30.2. The Morgan fingerprint density at radius 3 is 1.37 bits per heavy atom. The Bertz CT molecular complexity index is 1190. The van der Waals surface area contributed by atoms with Crippen molar-refractivity contribution in [1.82, 2.24) is 0 Å². The zero-order chi connectivity index (χ0) is 18.4.